The number of carbonyl (C=O) groups is 3. The van der Waals surface area contributed by atoms with Crippen LogP contribution in [0.5, 0.6) is 0 Å². The lowest BCUT2D eigenvalue weighted by atomic mass is 9.53. The van der Waals surface area contributed by atoms with E-state index in [2.05, 4.69) is 12.2 Å². The number of imide groups is 1. The average molecular weight is 430 g/mol. The molecule has 6 fully saturated rings. The summed E-state index contributed by atoms with van der Waals surface area (Å²) in [5, 5.41) is 0. The summed E-state index contributed by atoms with van der Waals surface area (Å²) in [6.45, 7) is 0. The molecule has 6 aliphatic carbocycles. The van der Waals surface area contributed by atoms with E-state index in [9.17, 15) is 14.4 Å². The number of anilines is 1. The molecule has 1 aromatic carbocycles. The maximum absolute atomic E-state index is 13.6. The second-order valence-electron chi connectivity index (χ2n) is 10.8. The molecule has 1 saturated heterocycles. The SMILES string of the molecule is COC(=O)c1ccc(N2C(=O)[C@@H]3[C@H](C2=O)[C@H]2C=C[C@H]3C2=C2C3CC4CC(C3)CC2C4)cc1. The fourth-order valence-electron chi connectivity index (χ4n) is 8.43. The van der Waals surface area contributed by atoms with Crippen LogP contribution in [0, 0.1) is 47.3 Å². The maximum atomic E-state index is 13.6. The Bertz CT molecular complexity index is 1050. The summed E-state index contributed by atoms with van der Waals surface area (Å²) in [4.78, 5) is 40.2. The number of ether oxygens (including phenoxy) is 1. The fraction of sp³-hybridized carbons (Fsp3) is 0.519. The van der Waals surface area contributed by atoms with Gasteiger partial charge in [0.15, 0.2) is 0 Å². The highest BCUT2D eigenvalue weighted by atomic mass is 16.5. The van der Waals surface area contributed by atoms with Gasteiger partial charge >= 0.3 is 5.97 Å². The van der Waals surface area contributed by atoms with Crippen molar-refractivity contribution in [2.45, 2.75) is 32.1 Å². The Hall–Kier alpha value is -2.69. The number of hydrogen-bond acceptors (Lipinski definition) is 4. The number of benzene rings is 1. The lowest BCUT2D eigenvalue weighted by Gasteiger charge is -2.52. The number of esters is 1. The van der Waals surface area contributed by atoms with Crippen molar-refractivity contribution < 1.29 is 19.1 Å². The molecule has 164 valence electrons. The third-order valence-electron chi connectivity index (χ3n) is 9.31. The van der Waals surface area contributed by atoms with Crippen LogP contribution in [0.25, 0.3) is 0 Å². The molecule has 0 unspecified atom stereocenters. The first-order valence-corrected chi connectivity index (χ1v) is 12.0. The van der Waals surface area contributed by atoms with Gasteiger partial charge in [-0.15, -0.1) is 0 Å². The second-order valence-corrected chi connectivity index (χ2v) is 10.8. The Morgan fingerprint density at radius 3 is 1.84 bits per heavy atom. The highest BCUT2D eigenvalue weighted by Crippen LogP contribution is 2.63. The molecule has 5 heteroatoms. The number of fused-ring (bicyclic) bond motifs is 5. The first-order valence-electron chi connectivity index (χ1n) is 12.0. The summed E-state index contributed by atoms with van der Waals surface area (Å²) < 4.78 is 4.75. The Balaban J connectivity index is 1.23. The number of amides is 2. The molecule has 5 saturated carbocycles. The summed E-state index contributed by atoms with van der Waals surface area (Å²) in [5.74, 6) is 2.25. The molecule has 6 bridgehead atoms. The summed E-state index contributed by atoms with van der Waals surface area (Å²) in [5.41, 5.74) is 4.06. The van der Waals surface area contributed by atoms with Crippen LogP contribution in [0.1, 0.15) is 42.5 Å². The lowest BCUT2D eigenvalue weighted by Crippen LogP contribution is -2.41. The van der Waals surface area contributed by atoms with E-state index in [0.717, 1.165) is 11.8 Å². The summed E-state index contributed by atoms with van der Waals surface area (Å²) in [7, 11) is 1.34. The van der Waals surface area contributed by atoms with Gasteiger partial charge in [0.2, 0.25) is 11.8 Å². The molecular weight excluding hydrogens is 402 g/mol. The normalized spacial score (nSPS) is 40.6. The van der Waals surface area contributed by atoms with Gasteiger partial charge in [0.1, 0.15) is 0 Å². The van der Waals surface area contributed by atoms with Crippen molar-refractivity contribution in [2.24, 2.45) is 47.3 Å². The van der Waals surface area contributed by atoms with Gasteiger partial charge in [-0.3, -0.25) is 9.59 Å². The van der Waals surface area contributed by atoms with Crippen LogP contribution in [0.2, 0.25) is 0 Å². The van der Waals surface area contributed by atoms with E-state index in [1.807, 2.05) is 0 Å². The molecule has 4 atom stereocenters. The van der Waals surface area contributed by atoms with E-state index < -0.39 is 5.97 Å². The number of hydrogen-bond donors (Lipinski definition) is 0. The number of nitrogens with zero attached hydrogens (tertiary/aromatic N) is 1. The highest BCUT2D eigenvalue weighted by molar-refractivity contribution is 6.23. The molecule has 2 amide bonds. The molecule has 0 radical (unpaired) electrons. The number of rotatable bonds is 2. The van der Waals surface area contributed by atoms with E-state index in [-0.39, 0.29) is 35.5 Å². The van der Waals surface area contributed by atoms with Gasteiger partial charge in [-0.1, -0.05) is 23.3 Å². The van der Waals surface area contributed by atoms with Gasteiger partial charge in [-0.2, -0.15) is 0 Å². The smallest absolute Gasteiger partial charge is 0.337 e. The van der Waals surface area contributed by atoms with Gasteiger partial charge in [0, 0.05) is 11.8 Å². The maximum Gasteiger partial charge on any atom is 0.337 e. The van der Waals surface area contributed by atoms with Gasteiger partial charge < -0.3 is 4.74 Å². The lowest BCUT2D eigenvalue weighted by molar-refractivity contribution is -0.123. The predicted octanol–water partition coefficient (Wildman–Crippen LogP) is 4.15. The molecule has 7 aliphatic rings. The van der Waals surface area contributed by atoms with E-state index in [1.165, 1.54) is 49.7 Å². The van der Waals surface area contributed by atoms with Gasteiger partial charge in [-0.05, 0) is 80.0 Å². The van der Waals surface area contributed by atoms with Crippen molar-refractivity contribution in [2.75, 3.05) is 12.0 Å². The molecule has 0 aromatic heterocycles. The molecule has 8 rings (SSSR count). The largest absolute Gasteiger partial charge is 0.465 e. The minimum absolute atomic E-state index is 0.0791. The molecule has 0 N–H and O–H groups in total. The van der Waals surface area contributed by atoms with Crippen molar-refractivity contribution in [1.29, 1.82) is 0 Å². The van der Waals surface area contributed by atoms with Gasteiger partial charge in [-0.25, -0.2) is 9.69 Å². The third-order valence-corrected chi connectivity index (χ3v) is 9.31. The van der Waals surface area contributed by atoms with Crippen molar-refractivity contribution in [1.82, 2.24) is 0 Å². The number of allylic oxidation sites excluding steroid dienone is 4. The monoisotopic (exact) mass is 429 g/mol. The molecule has 1 heterocycles. The summed E-state index contributed by atoms with van der Waals surface area (Å²) in [6.07, 6.45) is 11.1. The fourth-order valence-corrected chi connectivity index (χ4v) is 8.43. The Labute approximate surface area is 187 Å². The second kappa shape index (κ2) is 6.43. The minimum Gasteiger partial charge on any atom is -0.465 e. The first kappa shape index (κ1) is 18.8. The average Bonchev–Trinajstić information content (AvgIpc) is 3.42. The zero-order chi connectivity index (χ0) is 21.7. The Kier molecular flexibility index (Phi) is 3.79. The van der Waals surface area contributed by atoms with Crippen LogP contribution in [0.4, 0.5) is 5.69 Å². The minimum atomic E-state index is -0.429. The molecule has 0 spiro atoms. The van der Waals surface area contributed by atoms with Crippen molar-refractivity contribution in [3.05, 3.63) is 53.1 Å². The highest BCUT2D eigenvalue weighted by Gasteiger charge is 2.63. The van der Waals surface area contributed by atoms with E-state index >= 15 is 0 Å². The van der Waals surface area contributed by atoms with E-state index in [4.69, 9.17) is 4.74 Å². The zero-order valence-electron chi connectivity index (χ0n) is 18.2. The van der Waals surface area contributed by atoms with Crippen LogP contribution in [-0.2, 0) is 14.3 Å². The topological polar surface area (TPSA) is 63.7 Å². The quantitative estimate of drug-likeness (QED) is 0.403. The van der Waals surface area contributed by atoms with E-state index in [0.29, 0.717) is 23.1 Å². The van der Waals surface area contributed by atoms with Crippen LogP contribution in [-0.4, -0.2) is 24.9 Å². The van der Waals surface area contributed by atoms with Crippen LogP contribution in [0.3, 0.4) is 0 Å². The van der Waals surface area contributed by atoms with Crippen molar-refractivity contribution in [3.8, 4) is 0 Å². The molecular formula is C27H27NO4. The van der Waals surface area contributed by atoms with Crippen molar-refractivity contribution >= 4 is 23.5 Å². The van der Waals surface area contributed by atoms with Crippen LogP contribution >= 0.6 is 0 Å². The zero-order valence-corrected chi connectivity index (χ0v) is 18.2. The number of methoxy groups -OCH3 is 1. The summed E-state index contributed by atoms with van der Waals surface area (Å²) >= 11 is 0. The van der Waals surface area contributed by atoms with Gasteiger partial charge in [0.05, 0.1) is 30.2 Å². The Morgan fingerprint density at radius 2 is 1.34 bits per heavy atom. The molecule has 5 nitrogen and oxygen atoms in total. The number of carbonyl (C=O) groups excluding carboxylic acids is 3. The molecule has 1 aromatic rings. The van der Waals surface area contributed by atoms with Crippen LogP contribution in [0.15, 0.2) is 47.6 Å². The van der Waals surface area contributed by atoms with Gasteiger partial charge in [0.25, 0.3) is 0 Å². The standard InChI is InChI=1S/C27H27NO4/c1-32-27(31)15-2-4-18(5-3-15)28-25(29)23-19-6-7-20(24(23)26(28)30)22(19)21-16-9-13-8-14(11-16)12-17(21)10-13/h2-7,13-14,16-17,19-20,23-24H,8-12H2,1H3/t13?,14?,16?,17?,19-,20-,23-,24+/m0/s1. The first-order chi connectivity index (χ1) is 15.5. The predicted molar refractivity (Wildman–Crippen MR) is 117 cm³/mol. The summed E-state index contributed by atoms with van der Waals surface area (Å²) in [6, 6.07) is 6.58. The van der Waals surface area contributed by atoms with Crippen molar-refractivity contribution in [3.63, 3.8) is 0 Å². The van der Waals surface area contributed by atoms with Crippen LogP contribution < -0.4 is 4.90 Å². The Morgan fingerprint density at radius 1 is 0.812 bits per heavy atom. The molecule has 32 heavy (non-hydrogen) atoms. The third kappa shape index (κ3) is 2.32. The molecule has 1 aliphatic heterocycles. The van der Waals surface area contributed by atoms with E-state index in [1.54, 1.807) is 29.8 Å².